The molecule has 0 aliphatic heterocycles. The Morgan fingerprint density at radius 2 is 1.88 bits per heavy atom. The molecule has 0 aliphatic carbocycles. The van der Waals surface area contributed by atoms with E-state index in [1.807, 2.05) is 0 Å². The van der Waals surface area contributed by atoms with Crippen molar-refractivity contribution in [1.82, 2.24) is 0 Å². The van der Waals surface area contributed by atoms with E-state index in [-0.39, 0.29) is 6.42 Å². The topological polar surface area (TPSA) is 26.3 Å². The van der Waals surface area contributed by atoms with E-state index in [9.17, 15) is 18.0 Å². The minimum absolute atomic E-state index is 0.0858. The molecule has 0 saturated carbocycles. The summed E-state index contributed by atoms with van der Waals surface area (Å²) in [6, 6.07) is 4.41. The molecule has 0 bridgehead atoms. The highest BCUT2D eigenvalue weighted by Gasteiger charge is 2.29. The number of carbonyl (C=O) groups is 1. The number of methoxy groups -OCH3 is 1. The smallest absolute Gasteiger partial charge is 0.416 e. The fourth-order valence-corrected chi connectivity index (χ4v) is 1.03. The van der Waals surface area contributed by atoms with Gasteiger partial charge in [-0.25, -0.2) is 0 Å². The van der Waals surface area contributed by atoms with E-state index in [2.05, 4.69) is 16.6 Å². The van der Waals surface area contributed by atoms with Gasteiger partial charge in [0.15, 0.2) is 0 Å². The third-order valence-electron chi connectivity index (χ3n) is 1.91. The van der Waals surface area contributed by atoms with Crippen LogP contribution in [0.15, 0.2) is 24.3 Å². The van der Waals surface area contributed by atoms with E-state index in [4.69, 9.17) is 0 Å². The van der Waals surface area contributed by atoms with Crippen molar-refractivity contribution in [1.29, 1.82) is 0 Å². The molecule has 17 heavy (non-hydrogen) atoms. The fourth-order valence-electron chi connectivity index (χ4n) is 1.03. The van der Waals surface area contributed by atoms with Crippen molar-refractivity contribution in [3.63, 3.8) is 0 Å². The van der Waals surface area contributed by atoms with Crippen molar-refractivity contribution in [2.75, 3.05) is 7.11 Å². The molecule has 0 aromatic heterocycles. The molecule has 90 valence electrons. The molecule has 0 N–H and O–H groups in total. The first-order chi connectivity index (χ1) is 7.93. The largest absolute Gasteiger partial charge is 0.468 e. The Labute approximate surface area is 96.4 Å². The second-order valence-corrected chi connectivity index (χ2v) is 3.13. The van der Waals surface area contributed by atoms with Gasteiger partial charge < -0.3 is 4.74 Å². The van der Waals surface area contributed by atoms with Crippen LogP contribution in [0.4, 0.5) is 13.2 Å². The Kier molecular flexibility index (Phi) is 4.16. The Bertz CT molecular complexity index is 449. The number of benzene rings is 1. The van der Waals surface area contributed by atoms with Crippen molar-refractivity contribution in [2.24, 2.45) is 0 Å². The molecule has 0 aliphatic rings. The summed E-state index contributed by atoms with van der Waals surface area (Å²) in [6.45, 7) is 0. The fraction of sp³-hybridized carbons (Fsp3) is 0.250. The first kappa shape index (κ1) is 13.1. The van der Waals surface area contributed by atoms with E-state index in [1.54, 1.807) is 0 Å². The highest BCUT2D eigenvalue weighted by molar-refractivity contribution is 5.72. The molecule has 0 unspecified atom stereocenters. The van der Waals surface area contributed by atoms with Gasteiger partial charge in [0, 0.05) is 5.56 Å². The summed E-state index contributed by atoms with van der Waals surface area (Å²) < 4.78 is 41.0. The highest BCUT2D eigenvalue weighted by atomic mass is 19.4. The number of esters is 1. The zero-order chi connectivity index (χ0) is 12.9. The molecule has 5 heteroatoms. The standard InChI is InChI=1S/C12H9F3O2/c1-17-11(16)4-2-3-9-5-7-10(8-6-9)12(13,14)15/h5-8H,4H2,1H3. The van der Waals surface area contributed by atoms with Crippen molar-refractivity contribution in [2.45, 2.75) is 12.6 Å². The second kappa shape index (κ2) is 5.39. The van der Waals surface area contributed by atoms with Crippen LogP contribution >= 0.6 is 0 Å². The van der Waals surface area contributed by atoms with Crippen LogP contribution in [0.3, 0.4) is 0 Å². The maximum Gasteiger partial charge on any atom is 0.416 e. The zero-order valence-corrected chi connectivity index (χ0v) is 8.97. The van der Waals surface area contributed by atoms with Crippen LogP contribution < -0.4 is 0 Å². The Morgan fingerprint density at radius 1 is 1.29 bits per heavy atom. The monoisotopic (exact) mass is 242 g/mol. The minimum atomic E-state index is -4.35. The lowest BCUT2D eigenvalue weighted by molar-refractivity contribution is -0.139. The van der Waals surface area contributed by atoms with Crippen LogP contribution in [-0.4, -0.2) is 13.1 Å². The molecule has 0 fully saturated rings. The third kappa shape index (κ3) is 4.19. The summed E-state index contributed by atoms with van der Waals surface area (Å²) in [7, 11) is 1.24. The molecule has 0 atom stereocenters. The van der Waals surface area contributed by atoms with E-state index >= 15 is 0 Å². The van der Waals surface area contributed by atoms with Crippen molar-refractivity contribution < 1.29 is 22.7 Å². The lowest BCUT2D eigenvalue weighted by Gasteiger charge is -2.05. The predicted molar refractivity (Wildman–Crippen MR) is 55.0 cm³/mol. The number of ether oxygens (including phenoxy) is 1. The molecule has 0 radical (unpaired) electrons. The number of hydrogen-bond acceptors (Lipinski definition) is 2. The molecular formula is C12H9F3O2. The summed E-state index contributed by atoms with van der Waals surface area (Å²) in [5.41, 5.74) is -0.307. The van der Waals surface area contributed by atoms with Gasteiger partial charge >= 0.3 is 12.1 Å². The van der Waals surface area contributed by atoms with Gasteiger partial charge in [-0.05, 0) is 24.3 Å². The summed E-state index contributed by atoms with van der Waals surface area (Å²) in [5.74, 6) is 4.59. The highest BCUT2D eigenvalue weighted by Crippen LogP contribution is 2.28. The molecular weight excluding hydrogens is 233 g/mol. The molecule has 1 aromatic rings. The van der Waals surface area contributed by atoms with E-state index in [1.165, 1.54) is 19.2 Å². The lowest BCUT2D eigenvalue weighted by Crippen LogP contribution is -2.04. The molecule has 0 heterocycles. The molecule has 2 nitrogen and oxygen atoms in total. The number of halogens is 3. The molecule has 1 aromatic carbocycles. The molecule has 0 saturated heterocycles. The second-order valence-electron chi connectivity index (χ2n) is 3.13. The van der Waals surface area contributed by atoms with Crippen molar-refractivity contribution in [3.05, 3.63) is 35.4 Å². The van der Waals surface area contributed by atoms with Crippen LogP contribution in [0.5, 0.6) is 0 Å². The quantitative estimate of drug-likeness (QED) is 0.559. The SMILES string of the molecule is COC(=O)CC#Cc1ccc(C(F)(F)F)cc1. The summed E-state index contributed by atoms with van der Waals surface area (Å²) in [5, 5.41) is 0. The number of rotatable bonds is 1. The Balaban J connectivity index is 2.72. The summed E-state index contributed by atoms with van der Waals surface area (Å²) in [4.78, 5) is 10.7. The Hall–Kier alpha value is -1.96. The van der Waals surface area contributed by atoms with Gasteiger partial charge in [0.2, 0.25) is 0 Å². The molecule has 0 spiro atoms. The van der Waals surface area contributed by atoms with Gasteiger partial charge in [-0.1, -0.05) is 11.8 Å². The van der Waals surface area contributed by atoms with Crippen LogP contribution in [0, 0.1) is 11.8 Å². The maximum absolute atomic E-state index is 12.2. The van der Waals surface area contributed by atoms with Crippen LogP contribution in [0.2, 0.25) is 0 Å². The normalized spacial score (nSPS) is 10.4. The number of alkyl halides is 3. The van der Waals surface area contributed by atoms with Gasteiger partial charge in [0.1, 0.15) is 6.42 Å². The van der Waals surface area contributed by atoms with Gasteiger partial charge in [-0.15, -0.1) is 0 Å². The maximum atomic E-state index is 12.2. The van der Waals surface area contributed by atoms with E-state index in [0.29, 0.717) is 5.56 Å². The summed E-state index contributed by atoms with van der Waals surface area (Å²) in [6.07, 6.45) is -4.44. The molecule has 1 rings (SSSR count). The van der Waals surface area contributed by atoms with E-state index in [0.717, 1.165) is 12.1 Å². The van der Waals surface area contributed by atoms with Gasteiger partial charge in [0.25, 0.3) is 0 Å². The van der Waals surface area contributed by atoms with Gasteiger partial charge in [-0.3, -0.25) is 4.79 Å². The van der Waals surface area contributed by atoms with Crippen LogP contribution in [-0.2, 0) is 15.7 Å². The first-order valence-electron chi connectivity index (χ1n) is 4.66. The average Bonchev–Trinajstić information content (AvgIpc) is 2.28. The number of hydrogen-bond donors (Lipinski definition) is 0. The predicted octanol–water partition coefficient (Wildman–Crippen LogP) is 2.62. The Morgan fingerprint density at radius 3 is 2.35 bits per heavy atom. The molecule has 0 amide bonds. The van der Waals surface area contributed by atoms with Crippen molar-refractivity contribution in [3.8, 4) is 11.8 Å². The zero-order valence-electron chi connectivity index (χ0n) is 8.97. The third-order valence-corrected chi connectivity index (χ3v) is 1.91. The minimum Gasteiger partial charge on any atom is -0.468 e. The number of carbonyl (C=O) groups excluding carboxylic acids is 1. The first-order valence-corrected chi connectivity index (χ1v) is 4.66. The van der Waals surface area contributed by atoms with E-state index < -0.39 is 17.7 Å². The van der Waals surface area contributed by atoms with Crippen LogP contribution in [0.1, 0.15) is 17.5 Å². The van der Waals surface area contributed by atoms with Gasteiger partial charge in [-0.2, -0.15) is 13.2 Å². The van der Waals surface area contributed by atoms with Crippen molar-refractivity contribution >= 4 is 5.97 Å². The lowest BCUT2D eigenvalue weighted by atomic mass is 10.1. The average molecular weight is 242 g/mol. The van der Waals surface area contributed by atoms with Crippen LogP contribution in [0.25, 0.3) is 0 Å². The summed E-state index contributed by atoms with van der Waals surface area (Å²) >= 11 is 0. The van der Waals surface area contributed by atoms with Gasteiger partial charge in [0.05, 0.1) is 12.7 Å².